The summed E-state index contributed by atoms with van der Waals surface area (Å²) >= 11 is 0. The number of carbonyl (C=O) groups is 2. The molecule has 0 aliphatic heterocycles. The van der Waals surface area contributed by atoms with Crippen LogP contribution in [0, 0.1) is 5.82 Å². The number of nitrogens with two attached hydrogens (primary N) is 1. The van der Waals surface area contributed by atoms with E-state index in [0.717, 1.165) is 0 Å². The lowest BCUT2D eigenvalue weighted by Gasteiger charge is -2.04. The van der Waals surface area contributed by atoms with Crippen molar-refractivity contribution in [3.63, 3.8) is 0 Å². The molecule has 1 amide bonds. The predicted molar refractivity (Wildman–Crippen MR) is 83.3 cm³/mol. The molecule has 0 spiro atoms. The fourth-order valence-electron chi connectivity index (χ4n) is 2.32. The average molecular weight is 336 g/mol. The van der Waals surface area contributed by atoms with E-state index >= 15 is 0 Å². The average Bonchev–Trinajstić information content (AvgIpc) is 2.86. The number of rotatable bonds is 3. The summed E-state index contributed by atoms with van der Waals surface area (Å²) in [7, 11) is 0. The van der Waals surface area contributed by atoms with Gasteiger partial charge >= 0.3 is 5.97 Å². The zero-order valence-corrected chi connectivity index (χ0v) is 12.4. The second-order valence-corrected chi connectivity index (χ2v) is 4.60. The molecule has 0 aliphatic rings. The maximum absolute atomic E-state index is 13.4. The minimum Gasteiger partial charge on any atom is -0.476 e. The monoisotopic (exact) mass is 335 g/mol. The number of benzene rings is 1. The van der Waals surface area contributed by atoms with Crippen LogP contribution in [0.3, 0.4) is 0 Å². The van der Waals surface area contributed by atoms with Crippen molar-refractivity contribution in [2.45, 2.75) is 0 Å². The number of carbonyl (C=O) groups excluding carboxylic acids is 1. The van der Waals surface area contributed by atoms with E-state index in [4.69, 9.17) is 5.73 Å². The number of carboxylic acids is 1. The third-order valence-electron chi connectivity index (χ3n) is 3.22. The van der Waals surface area contributed by atoms with Crippen LogP contribution in [0.4, 0.5) is 4.39 Å². The van der Waals surface area contributed by atoms with Gasteiger partial charge in [-0.25, -0.2) is 14.2 Å². The Morgan fingerprint density at radius 1 is 1.22 bits per heavy atom. The van der Waals surface area contributed by atoms with Crippen molar-refractivity contribution in [2.75, 3.05) is 0 Å². The van der Waals surface area contributed by atoms with Crippen LogP contribution in [0.25, 0.3) is 16.9 Å². The van der Waals surface area contributed by atoms with E-state index in [1.54, 1.807) is 18.3 Å². The molecule has 0 atom stereocenters. The van der Waals surface area contributed by atoms with E-state index < -0.39 is 17.7 Å². The number of hydrogen-bond donors (Lipinski definition) is 2. The van der Waals surface area contributed by atoms with Gasteiger partial charge in [-0.1, -0.05) is 12.1 Å². The number of aromatic nitrogens is 2. The molecule has 0 bridgehead atoms. The quantitative estimate of drug-likeness (QED) is 0.767. The Morgan fingerprint density at radius 3 is 2.57 bits per heavy atom. The zero-order chi connectivity index (χ0) is 15.9. The van der Waals surface area contributed by atoms with E-state index in [1.807, 2.05) is 0 Å². The maximum Gasteiger partial charge on any atom is 0.356 e. The van der Waals surface area contributed by atoms with E-state index in [2.05, 4.69) is 4.98 Å². The van der Waals surface area contributed by atoms with Crippen molar-refractivity contribution in [3.05, 3.63) is 59.7 Å². The molecule has 8 heteroatoms. The standard InChI is InChI=1S/C15H10FN3O3.ClH/c16-9-4-1-3-8(7-9)12-11(15(21)22)18-14-10(13(17)20)5-2-6-19(12)14;/h1-7H,(H2,17,20)(H,21,22);1H. The van der Waals surface area contributed by atoms with Crippen LogP contribution in [0.2, 0.25) is 0 Å². The van der Waals surface area contributed by atoms with Gasteiger partial charge in [0.15, 0.2) is 11.3 Å². The molecule has 0 radical (unpaired) electrons. The fraction of sp³-hybridized carbons (Fsp3) is 0. The summed E-state index contributed by atoms with van der Waals surface area (Å²) < 4.78 is 14.9. The van der Waals surface area contributed by atoms with E-state index in [-0.39, 0.29) is 35.0 Å². The topological polar surface area (TPSA) is 97.7 Å². The molecule has 3 rings (SSSR count). The molecule has 2 heterocycles. The highest BCUT2D eigenvalue weighted by Crippen LogP contribution is 2.27. The molecule has 3 aromatic rings. The largest absolute Gasteiger partial charge is 0.476 e. The molecule has 0 fully saturated rings. The number of amides is 1. The van der Waals surface area contributed by atoms with Crippen molar-refractivity contribution in [1.82, 2.24) is 9.38 Å². The third-order valence-corrected chi connectivity index (χ3v) is 3.22. The summed E-state index contributed by atoms with van der Waals surface area (Å²) in [6.45, 7) is 0. The van der Waals surface area contributed by atoms with Crippen molar-refractivity contribution < 1.29 is 19.1 Å². The third kappa shape index (κ3) is 2.74. The first kappa shape index (κ1) is 16.4. The first-order chi connectivity index (χ1) is 10.5. The molecule has 0 saturated carbocycles. The van der Waals surface area contributed by atoms with Gasteiger partial charge in [0.25, 0.3) is 5.91 Å². The molecule has 3 N–H and O–H groups in total. The lowest BCUT2D eigenvalue weighted by Crippen LogP contribution is -2.12. The maximum atomic E-state index is 13.4. The summed E-state index contributed by atoms with van der Waals surface area (Å²) in [6.07, 6.45) is 1.54. The highest BCUT2D eigenvalue weighted by molar-refractivity contribution is 6.01. The smallest absolute Gasteiger partial charge is 0.356 e. The molecule has 1 aromatic carbocycles. The van der Waals surface area contributed by atoms with Gasteiger partial charge in [0.1, 0.15) is 5.82 Å². The first-order valence-corrected chi connectivity index (χ1v) is 6.29. The van der Waals surface area contributed by atoms with Gasteiger partial charge in [-0.3, -0.25) is 9.20 Å². The number of nitrogens with zero attached hydrogens (tertiary/aromatic N) is 2. The Labute approximate surface area is 135 Å². The Balaban J connectivity index is 0.00000192. The molecule has 6 nitrogen and oxygen atoms in total. The van der Waals surface area contributed by atoms with Crippen LogP contribution in [0.1, 0.15) is 20.8 Å². The second-order valence-electron chi connectivity index (χ2n) is 4.60. The van der Waals surface area contributed by atoms with Crippen LogP contribution in [-0.2, 0) is 0 Å². The Kier molecular flexibility index (Phi) is 4.33. The number of aromatic carboxylic acids is 1. The zero-order valence-electron chi connectivity index (χ0n) is 11.6. The van der Waals surface area contributed by atoms with Crippen LogP contribution < -0.4 is 5.73 Å². The van der Waals surface area contributed by atoms with Gasteiger partial charge in [-0.05, 0) is 24.3 Å². The van der Waals surface area contributed by atoms with Crippen molar-refractivity contribution in [3.8, 4) is 11.3 Å². The van der Waals surface area contributed by atoms with E-state index in [9.17, 15) is 19.1 Å². The van der Waals surface area contributed by atoms with E-state index in [0.29, 0.717) is 5.56 Å². The lowest BCUT2D eigenvalue weighted by atomic mass is 10.1. The van der Waals surface area contributed by atoms with Crippen LogP contribution in [0.15, 0.2) is 42.6 Å². The molecule has 23 heavy (non-hydrogen) atoms. The van der Waals surface area contributed by atoms with Crippen molar-refractivity contribution in [1.29, 1.82) is 0 Å². The Hall–Kier alpha value is -2.93. The summed E-state index contributed by atoms with van der Waals surface area (Å²) in [4.78, 5) is 26.9. The summed E-state index contributed by atoms with van der Waals surface area (Å²) in [5.74, 6) is -2.51. The number of halogens is 2. The van der Waals surface area contributed by atoms with Crippen LogP contribution in [-0.4, -0.2) is 26.4 Å². The molecule has 0 unspecified atom stereocenters. The lowest BCUT2D eigenvalue weighted by molar-refractivity contribution is 0.0691. The Morgan fingerprint density at radius 2 is 1.96 bits per heavy atom. The molecule has 0 aliphatic carbocycles. The number of pyridine rings is 1. The minimum atomic E-state index is -1.28. The number of primary amides is 1. The van der Waals surface area contributed by atoms with Crippen LogP contribution >= 0.6 is 12.4 Å². The minimum absolute atomic E-state index is 0. The molecule has 118 valence electrons. The number of fused-ring (bicyclic) bond motifs is 1. The highest BCUT2D eigenvalue weighted by atomic mass is 35.5. The fourth-order valence-corrected chi connectivity index (χ4v) is 2.32. The summed E-state index contributed by atoms with van der Waals surface area (Å²) in [5, 5.41) is 9.34. The summed E-state index contributed by atoms with van der Waals surface area (Å²) in [5.41, 5.74) is 5.73. The van der Waals surface area contributed by atoms with Gasteiger partial charge in [0, 0.05) is 11.8 Å². The highest BCUT2D eigenvalue weighted by Gasteiger charge is 2.22. The van der Waals surface area contributed by atoms with Crippen molar-refractivity contribution in [2.24, 2.45) is 5.73 Å². The molecular weight excluding hydrogens is 325 g/mol. The van der Waals surface area contributed by atoms with Gasteiger partial charge < -0.3 is 10.8 Å². The SMILES string of the molecule is Cl.NC(=O)c1cccn2c(-c3cccc(F)c3)c(C(=O)O)nc12. The number of imidazole rings is 1. The predicted octanol–water partition coefficient (Wildman–Crippen LogP) is 2.36. The normalized spacial score (nSPS) is 10.3. The molecule has 0 saturated heterocycles. The van der Waals surface area contributed by atoms with Gasteiger partial charge in [0.05, 0.1) is 11.3 Å². The number of carboxylic acid groups (broad SMARTS) is 1. The van der Waals surface area contributed by atoms with Gasteiger partial charge in [0.2, 0.25) is 0 Å². The first-order valence-electron chi connectivity index (χ1n) is 6.29. The van der Waals surface area contributed by atoms with E-state index in [1.165, 1.54) is 28.7 Å². The van der Waals surface area contributed by atoms with Crippen LogP contribution in [0.5, 0.6) is 0 Å². The van der Waals surface area contributed by atoms with Gasteiger partial charge in [-0.15, -0.1) is 12.4 Å². The molecule has 2 aromatic heterocycles. The van der Waals surface area contributed by atoms with Crippen molar-refractivity contribution >= 4 is 29.9 Å². The molecular formula is C15H11ClFN3O3. The Bertz CT molecular complexity index is 923. The second kappa shape index (κ2) is 6.05. The van der Waals surface area contributed by atoms with Gasteiger partial charge in [-0.2, -0.15) is 0 Å². The number of hydrogen-bond acceptors (Lipinski definition) is 3. The summed E-state index contributed by atoms with van der Waals surface area (Å²) in [6, 6.07) is 8.48.